The van der Waals surface area contributed by atoms with Crippen molar-refractivity contribution in [2.24, 2.45) is 5.84 Å². The summed E-state index contributed by atoms with van der Waals surface area (Å²) in [5, 5.41) is 1.04. The highest BCUT2D eigenvalue weighted by atomic mass is 79.9. The molecule has 0 aliphatic rings. The molecule has 1 heterocycles. The van der Waals surface area contributed by atoms with Crippen molar-refractivity contribution in [3.63, 3.8) is 0 Å². The average Bonchev–Trinajstić information content (AvgIpc) is 2.51. The van der Waals surface area contributed by atoms with Crippen molar-refractivity contribution in [1.29, 1.82) is 0 Å². The number of nitrogens with one attached hydrogen (secondary N) is 1. The number of aryl methyl sites for hydroxylation is 1. The molecular formula is C17H16BrN3. The normalized spacial score (nSPS) is 10.9. The van der Waals surface area contributed by atoms with Gasteiger partial charge in [-0.1, -0.05) is 46.3 Å². The van der Waals surface area contributed by atoms with Crippen molar-refractivity contribution in [3.8, 4) is 11.3 Å². The smallest absolute Gasteiger partial charge is 0.0771 e. The molecule has 0 saturated heterocycles. The first-order valence-electron chi connectivity index (χ1n) is 6.75. The number of nitrogens with two attached hydrogens (primary N) is 1. The van der Waals surface area contributed by atoms with Crippen molar-refractivity contribution in [2.45, 2.75) is 13.8 Å². The van der Waals surface area contributed by atoms with Crippen LogP contribution in [0.2, 0.25) is 0 Å². The predicted molar refractivity (Wildman–Crippen MR) is 92.2 cm³/mol. The van der Waals surface area contributed by atoms with Crippen LogP contribution in [0.25, 0.3) is 22.2 Å². The van der Waals surface area contributed by atoms with Crippen LogP contribution in [0.4, 0.5) is 5.69 Å². The number of halogens is 1. The summed E-state index contributed by atoms with van der Waals surface area (Å²) < 4.78 is 1.05. The Morgan fingerprint density at radius 2 is 1.71 bits per heavy atom. The maximum absolute atomic E-state index is 5.76. The zero-order chi connectivity index (χ0) is 15.0. The molecule has 0 atom stereocenters. The Hall–Kier alpha value is -1.91. The molecule has 106 valence electrons. The minimum atomic E-state index is 0.925. The SMILES string of the molecule is Cc1c(-c2ccccc2)nc2c(C)c(Br)ccc2c1NN. The Kier molecular flexibility index (Phi) is 3.66. The number of rotatable bonds is 2. The van der Waals surface area contributed by atoms with Crippen LogP contribution in [0.5, 0.6) is 0 Å². The maximum atomic E-state index is 5.76. The van der Waals surface area contributed by atoms with Gasteiger partial charge in [-0.25, -0.2) is 4.98 Å². The molecule has 0 radical (unpaired) electrons. The third kappa shape index (κ3) is 2.30. The summed E-state index contributed by atoms with van der Waals surface area (Å²) in [7, 11) is 0. The molecule has 2 aromatic carbocycles. The van der Waals surface area contributed by atoms with Gasteiger partial charge in [0.1, 0.15) is 0 Å². The summed E-state index contributed by atoms with van der Waals surface area (Å²) in [6, 6.07) is 14.2. The fourth-order valence-electron chi connectivity index (χ4n) is 2.60. The summed E-state index contributed by atoms with van der Waals surface area (Å²) >= 11 is 3.57. The van der Waals surface area contributed by atoms with E-state index in [1.54, 1.807) is 0 Å². The van der Waals surface area contributed by atoms with E-state index in [2.05, 4.69) is 40.4 Å². The summed E-state index contributed by atoms with van der Waals surface area (Å²) in [6.07, 6.45) is 0. The Labute approximate surface area is 132 Å². The average molecular weight is 342 g/mol. The van der Waals surface area contributed by atoms with E-state index in [1.807, 2.05) is 37.3 Å². The van der Waals surface area contributed by atoms with Crippen LogP contribution in [0.1, 0.15) is 11.1 Å². The Bertz CT molecular complexity index is 813. The van der Waals surface area contributed by atoms with E-state index in [9.17, 15) is 0 Å². The van der Waals surface area contributed by atoms with Gasteiger partial charge >= 0.3 is 0 Å². The van der Waals surface area contributed by atoms with Gasteiger partial charge in [0.25, 0.3) is 0 Å². The molecule has 1 aromatic heterocycles. The molecular weight excluding hydrogens is 326 g/mol. The van der Waals surface area contributed by atoms with E-state index < -0.39 is 0 Å². The van der Waals surface area contributed by atoms with Crippen LogP contribution < -0.4 is 11.3 Å². The molecule has 3 N–H and O–H groups in total. The van der Waals surface area contributed by atoms with Crippen molar-refractivity contribution in [1.82, 2.24) is 4.98 Å². The lowest BCUT2D eigenvalue weighted by atomic mass is 10.0. The van der Waals surface area contributed by atoms with Gasteiger partial charge in [0.05, 0.1) is 16.9 Å². The Morgan fingerprint density at radius 1 is 1.00 bits per heavy atom. The highest BCUT2D eigenvalue weighted by Gasteiger charge is 2.14. The third-order valence-corrected chi connectivity index (χ3v) is 4.64. The van der Waals surface area contributed by atoms with E-state index in [1.165, 1.54) is 0 Å². The molecule has 0 bridgehead atoms. The zero-order valence-corrected chi connectivity index (χ0v) is 13.5. The Balaban J connectivity index is 2.42. The van der Waals surface area contributed by atoms with Crippen molar-refractivity contribution in [2.75, 3.05) is 5.43 Å². The number of nitrogens with zero attached hydrogens (tertiary/aromatic N) is 1. The molecule has 3 nitrogen and oxygen atoms in total. The van der Waals surface area contributed by atoms with Gasteiger partial charge < -0.3 is 5.43 Å². The van der Waals surface area contributed by atoms with E-state index in [-0.39, 0.29) is 0 Å². The van der Waals surface area contributed by atoms with E-state index in [0.29, 0.717) is 0 Å². The van der Waals surface area contributed by atoms with Gasteiger partial charge in [-0.3, -0.25) is 5.84 Å². The van der Waals surface area contributed by atoms with Crippen molar-refractivity contribution in [3.05, 3.63) is 58.1 Å². The number of nitrogen functional groups attached to an aromatic ring is 1. The summed E-state index contributed by atoms with van der Waals surface area (Å²) in [6.45, 7) is 4.10. The van der Waals surface area contributed by atoms with Crippen LogP contribution in [0, 0.1) is 13.8 Å². The minimum absolute atomic E-state index is 0.925. The Morgan fingerprint density at radius 3 is 2.38 bits per heavy atom. The third-order valence-electron chi connectivity index (χ3n) is 3.78. The number of aromatic nitrogens is 1. The fraction of sp³-hybridized carbons (Fsp3) is 0.118. The number of pyridine rings is 1. The quantitative estimate of drug-likeness (QED) is 0.530. The van der Waals surface area contributed by atoms with Crippen LogP contribution in [0.15, 0.2) is 46.9 Å². The highest BCUT2D eigenvalue weighted by molar-refractivity contribution is 9.10. The number of benzene rings is 2. The first kappa shape index (κ1) is 14.0. The van der Waals surface area contributed by atoms with Gasteiger partial charge in [0, 0.05) is 21.0 Å². The summed E-state index contributed by atoms with van der Waals surface area (Å²) in [5.74, 6) is 5.76. The summed E-state index contributed by atoms with van der Waals surface area (Å²) in [4.78, 5) is 4.89. The molecule has 3 rings (SSSR count). The standard InChI is InChI=1S/C17H16BrN3/c1-10-14(18)9-8-13-16(10)20-15(11(2)17(13)21-19)12-6-4-3-5-7-12/h3-9H,19H2,1-2H3,(H,20,21). The van der Waals surface area contributed by atoms with Gasteiger partial charge in [0.2, 0.25) is 0 Å². The van der Waals surface area contributed by atoms with Crippen LogP contribution in [-0.4, -0.2) is 4.98 Å². The predicted octanol–water partition coefficient (Wildman–Crippen LogP) is 4.57. The van der Waals surface area contributed by atoms with Gasteiger partial charge in [-0.2, -0.15) is 0 Å². The lowest BCUT2D eigenvalue weighted by Gasteiger charge is -2.15. The second-order valence-electron chi connectivity index (χ2n) is 5.04. The topological polar surface area (TPSA) is 50.9 Å². The number of fused-ring (bicyclic) bond motifs is 1. The van der Waals surface area contributed by atoms with E-state index >= 15 is 0 Å². The maximum Gasteiger partial charge on any atom is 0.0771 e. The molecule has 0 amide bonds. The largest absolute Gasteiger partial charge is 0.323 e. The molecule has 0 aliphatic heterocycles. The van der Waals surface area contributed by atoms with E-state index in [4.69, 9.17) is 10.8 Å². The molecule has 0 unspecified atom stereocenters. The van der Waals surface area contributed by atoms with Gasteiger partial charge in [0.15, 0.2) is 0 Å². The molecule has 0 spiro atoms. The zero-order valence-electron chi connectivity index (χ0n) is 11.9. The van der Waals surface area contributed by atoms with Crippen LogP contribution in [0.3, 0.4) is 0 Å². The van der Waals surface area contributed by atoms with Crippen LogP contribution in [-0.2, 0) is 0 Å². The minimum Gasteiger partial charge on any atom is -0.323 e. The van der Waals surface area contributed by atoms with Crippen molar-refractivity contribution >= 4 is 32.5 Å². The first-order chi connectivity index (χ1) is 10.1. The van der Waals surface area contributed by atoms with Crippen LogP contribution >= 0.6 is 15.9 Å². The second-order valence-corrected chi connectivity index (χ2v) is 5.89. The number of anilines is 1. The molecule has 0 fully saturated rings. The molecule has 4 heteroatoms. The van der Waals surface area contributed by atoms with Gasteiger partial charge in [-0.05, 0) is 31.5 Å². The molecule has 3 aromatic rings. The number of hydrazine groups is 1. The summed E-state index contributed by atoms with van der Waals surface area (Å²) in [5.41, 5.74) is 8.94. The fourth-order valence-corrected chi connectivity index (χ4v) is 2.92. The van der Waals surface area contributed by atoms with Crippen molar-refractivity contribution < 1.29 is 0 Å². The monoisotopic (exact) mass is 341 g/mol. The highest BCUT2D eigenvalue weighted by Crippen LogP contribution is 2.35. The first-order valence-corrected chi connectivity index (χ1v) is 7.54. The number of hydrogen-bond donors (Lipinski definition) is 2. The van der Waals surface area contributed by atoms with Gasteiger partial charge in [-0.15, -0.1) is 0 Å². The molecule has 21 heavy (non-hydrogen) atoms. The second kappa shape index (κ2) is 5.47. The lowest BCUT2D eigenvalue weighted by molar-refractivity contribution is 1.26. The lowest BCUT2D eigenvalue weighted by Crippen LogP contribution is -2.10. The number of hydrogen-bond acceptors (Lipinski definition) is 3. The molecule has 0 aliphatic carbocycles. The van der Waals surface area contributed by atoms with E-state index in [0.717, 1.165) is 43.4 Å². The molecule has 0 saturated carbocycles.